The fourth-order valence-electron chi connectivity index (χ4n) is 1.84. The van der Waals surface area contributed by atoms with Crippen molar-refractivity contribution in [1.29, 1.82) is 0 Å². The summed E-state index contributed by atoms with van der Waals surface area (Å²) in [6.45, 7) is 1.23. The van der Waals surface area contributed by atoms with E-state index in [1.165, 1.54) is 14.0 Å². The van der Waals surface area contributed by atoms with Crippen LogP contribution in [0.15, 0.2) is 24.3 Å². The van der Waals surface area contributed by atoms with E-state index in [-0.39, 0.29) is 6.42 Å². The van der Waals surface area contributed by atoms with Crippen LogP contribution in [0.3, 0.4) is 0 Å². The molecule has 1 rings (SSSR count). The van der Waals surface area contributed by atoms with Crippen molar-refractivity contribution in [2.24, 2.45) is 5.41 Å². The quantitative estimate of drug-likeness (QED) is 0.605. The van der Waals surface area contributed by atoms with Crippen LogP contribution >= 0.6 is 0 Å². The van der Waals surface area contributed by atoms with Crippen molar-refractivity contribution in [1.82, 2.24) is 0 Å². The second-order valence-electron chi connectivity index (χ2n) is 4.63. The molecule has 1 aromatic carbocycles. The average Bonchev–Trinajstić information content (AvgIpc) is 2.45. The summed E-state index contributed by atoms with van der Waals surface area (Å²) >= 11 is 0. The van der Waals surface area contributed by atoms with Crippen LogP contribution in [0.1, 0.15) is 25.0 Å². The first-order valence-corrected chi connectivity index (χ1v) is 5.99. The molecule has 0 aliphatic rings. The number of carbonyl (C=O) groups is 2. The molecule has 1 aromatic rings. The predicted octanol–water partition coefficient (Wildman–Crippen LogP) is 1.38. The molecule has 2 atom stereocenters. The molecule has 0 bridgehead atoms. The molecule has 2 unspecified atom stereocenters. The maximum atomic E-state index is 11.6. The van der Waals surface area contributed by atoms with Gasteiger partial charge in [0.05, 0.1) is 20.3 Å². The highest BCUT2D eigenvalue weighted by Crippen LogP contribution is 2.33. The van der Waals surface area contributed by atoms with Crippen LogP contribution in [-0.2, 0) is 14.3 Å². The zero-order chi connectivity index (χ0) is 15.3. The first-order valence-electron chi connectivity index (χ1n) is 5.99. The van der Waals surface area contributed by atoms with Gasteiger partial charge in [0.15, 0.2) is 5.41 Å². The molecule has 2 N–H and O–H groups in total. The SMILES string of the molecule is COC(=O)C(C)(CC(O)c1cccc(OC)c1)C(=O)O. The molecular weight excluding hydrogens is 264 g/mol. The van der Waals surface area contributed by atoms with E-state index in [1.807, 2.05) is 0 Å². The molecule has 0 aromatic heterocycles. The summed E-state index contributed by atoms with van der Waals surface area (Å²) in [4.78, 5) is 22.9. The number of carboxylic acid groups (broad SMARTS) is 1. The summed E-state index contributed by atoms with van der Waals surface area (Å²) in [7, 11) is 2.60. The molecule has 0 radical (unpaired) electrons. The first kappa shape index (κ1) is 16.0. The molecule has 110 valence electrons. The van der Waals surface area contributed by atoms with Gasteiger partial charge in [0.1, 0.15) is 5.75 Å². The van der Waals surface area contributed by atoms with Crippen LogP contribution in [0.4, 0.5) is 0 Å². The summed E-state index contributed by atoms with van der Waals surface area (Å²) in [5.41, 5.74) is -1.34. The summed E-state index contributed by atoms with van der Waals surface area (Å²) < 4.78 is 9.53. The zero-order valence-corrected chi connectivity index (χ0v) is 11.6. The number of ether oxygens (including phenoxy) is 2. The molecule has 0 saturated carbocycles. The minimum absolute atomic E-state index is 0.290. The second-order valence-corrected chi connectivity index (χ2v) is 4.63. The Kier molecular flexibility index (Phi) is 5.10. The minimum Gasteiger partial charge on any atom is -0.497 e. The smallest absolute Gasteiger partial charge is 0.323 e. The molecule has 0 aliphatic heterocycles. The topological polar surface area (TPSA) is 93.1 Å². The second kappa shape index (κ2) is 6.38. The van der Waals surface area contributed by atoms with Crippen LogP contribution in [-0.4, -0.2) is 36.4 Å². The molecule has 0 saturated heterocycles. The van der Waals surface area contributed by atoms with E-state index in [1.54, 1.807) is 24.3 Å². The summed E-state index contributed by atoms with van der Waals surface area (Å²) in [5, 5.41) is 19.3. The highest BCUT2D eigenvalue weighted by atomic mass is 16.5. The number of carbonyl (C=O) groups excluding carboxylic acids is 1. The highest BCUT2D eigenvalue weighted by Gasteiger charge is 2.44. The van der Waals surface area contributed by atoms with Gasteiger partial charge in [-0.1, -0.05) is 12.1 Å². The molecule has 0 fully saturated rings. The number of carboxylic acids is 1. The van der Waals surface area contributed by atoms with E-state index in [4.69, 9.17) is 4.74 Å². The lowest BCUT2D eigenvalue weighted by molar-refractivity contribution is -0.168. The molecule has 0 amide bonds. The number of methoxy groups -OCH3 is 2. The predicted molar refractivity (Wildman–Crippen MR) is 70.3 cm³/mol. The number of aliphatic hydroxyl groups is 1. The fraction of sp³-hybridized carbons (Fsp3) is 0.429. The Labute approximate surface area is 116 Å². The Balaban J connectivity index is 2.99. The maximum Gasteiger partial charge on any atom is 0.323 e. The first-order chi connectivity index (χ1) is 9.35. The highest BCUT2D eigenvalue weighted by molar-refractivity contribution is 5.98. The molecule has 0 heterocycles. The van der Waals surface area contributed by atoms with Gasteiger partial charge in [0, 0.05) is 6.42 Å². The van der Waals surface area contributed by atoms with E-state index >= 15 is 0 Å². The fourth-order valence-corrected chi connectivity index (χ4v) is 1.84. The Morgan fingerprint density at radius 1 is 1.35 bits per heavy atom. The van der Waals surface area contributed by atoms with Crippen molar-refractivity contribution < 1.29 is 29.3 Å². The Morgan fingerprint density at radius 2 is 2.00 bits per heavy atom. The van der Waals surface area contributed by atoms with Gasteiger partial charge in [-0.15, -0.1) is 0 Å². The Hall–Kier alpha value is -2.08. The monoisotopic (exact) mass is 282 g/mol. The van der Waals surface area contributed by atoms with Crippen molar-refractivity contribution in [2.75, 3.05) is 14.2 Å². The summed E-state index contributed by atoms with van der Waals surface area (Å²) in [6.07, 6.45) is -1.41. The summed E-state index contributed by atoms with van der Waals surface area (Å²) in [6, 6.07) is 6.59. The van der Waals surface area contributed by atoms with Crippen molar-refractivity contribution in [2.45, 2.75) is 19.4 Å². The molecule has 6 heteroatoms. The van der Waals surface area contributed by atoms with E-state index in [0.29, 0.717) is 11.3 Å². The van der Waals surface area contributed by atoms with Gasteiger partial charge in [0.2, 0.25) is 0 Å². The number of aliphatic carboxylic acids is 1. The summed E-state index contributed by atoms with van der Waals surface area (Å²) in [5.74, 6) is -1.70. The van der Waals surface area contributed by atoms with Crippen LogP contribution in [0.25, 0.3) is 0 Å². The third-order valence-corrected chi connectivity index (χ3v) is 3.19. The van der Waals surface area contributed by atoms with Gasteiger partial charge in [-0.3, -0.25) is 9.59 Å². The third-order valence-electron chi connectivity index (χ3n) is 3.19. The standard InChI is InChI=1S/C14H18O6/c1-14(12(16)17,13(18)20-3)8-11(15)9-5-4-6-10(7-9)19-2/h4-7,11,15H,8H2,1-3H3,(H,16,17). The van der Waals surface area contributed by atoms with Crippen molar-refractivity contribution >= 4 is 11.9 Å². The molecule has 0 aliphatic carbocycles. The Morgan fingerprint density at radius 3 is 2.50 bits per heavy atom. The number of hydrogen-bond donors (Lipinski definition) is 2. The van der Waals surface area contributed by atoms with E-state index in [0.717, 1.165) is 7.11 Å². The Bertz CT molecular complexity index is 498. The lowest BCUT2D eigenvalue weighted by Gasteiger charge is -2.24. The molecular formula is C14H18O6. The largest absolute Gasteiger partial charge is 0.497 e. The maximum absolute atomic E-state index is 11.6. The number of benzene rings is 1. The molecule has 6 nitrogen and oxygen atoms in total. The number of rotatable bonds is 6. The van der Waals surface area contributed by atoms with Gasteiger partial charge >= 0.3 is 11.9 Å². The van der Waals surface area contributed by atoms with Crippen LogP contribution in [0, 0.1) is 5.41 Å². The lowest BCUT2D eigenvalue weighted by Crippen LogP contribution is -2.38. The lowest BCUT2D eigenvalue weighted by atomic mass is 9.82. The van der Waals surface area contributed by atoms with Gasteiger partial charge in [-0.2, -0.15) is 0 Å². The molecule has 0 spiro atoms. The zero-order valence-electron chi connectivity index (χ0n) is 11.6. The van der Waals surface area contributed by atoms with E-state index < -0.39 is 23.5 Å². The number of esters is 1. The van der Waals surface area contributed by atoms with Crippen molar-refractivity contribution in [3.63, 3.8) is 0 Å². The number of aliphatic hydroxyl groups excluding tert-OH is 1. The van der Waals surface area contributed by atoms with Crippen LogP contribution in [0.2, 0.25) is 0 Å². The van der Waals surface area contributed by atoms with Gasteiger partial charge < -0.3 is 19.7 Å². The van der Waals surface area contributed by atoms with Gasteiger partial charge in [0.25, 0.3) is 0 Å². The van der Waals surface area contributed by atoms with E-state index in [2.05, 4.69) is 4.74 Å². The normalized spacial score (nSPS) is 15.0. The molecule has 20 heavy (non-hydrogen) atoms. The van der Waals surface area contributed by atoms with Gasteiger partial charge in [-0.05, 0) is 24.6 Å². The van der Waals surface area contributed by atoms with Crippen molar-refractivity contribution in [3.05, 3.63) is 29.8 Å². The van der Waals surface area contributed by atoms with Gasteiger partial charge in [-0.25, -0.2) is 0 Å². The average molecular weight is 282 g/mol. The van der Waals surface area contributed by atoms with Crippen LogP contribution < -0.4 is 4.74 Å². The number of hydrogen-bond acceptors (Lipinski definition) is 5. The van der Waals surface area contributed by atoms with Crippen LogP contribution in [0.5, 0.6) is 5.75 Å². The minimum atomic E-state index is -1.81. The van der Waals surface area contributed by atoms with E-state index in [9.17, 15) is 19.8 Å². The third kappa shape index (κ3) is 3.27. The van der Waals surface area contributed by atoms with Crippen molar-refractivity contribution in [3.8, 4) is 5.75 Å².